The quantitative estimate of drug-likeness (QED) is 0.412. The number of nitrogens with zero attached hydrogens (tertiary/aromatic N) is 2. The predicted molar refractivity (Wildman–Crippen MR) is 114 cm³/mol. The van der Waals surface area contributed by atoms with Gasteiger partial charge in [-0.3, -0.25) is 0 Å². The average Bonchev–Trinajstić information content (AvgIpc) is 3.43. The summed E-state index contributed by atoms with van der Waals surface area (Å²) < 4.78 is 15.9. The molecular formula is C21H18N2O3S2. The van der Waals surface area contributed by atoms with Crippen LogP contribution in [-0.2, 0) is 0 Å². The zero-order chi connectivity index (χ0) is 19.5. The monoisotopic (exact) mass is 410 g/mol. The number of benzene rings is 2. The average molecular weight is 411 g/mol. The number of aromatic nitrogens is 2. The van der Waals surface area contributed by atoms with Crippen LogP contribution in [0, 0.1) is 0 Å². The van der Waals surface area contributed by atoms with E-state index < -0.39 is 0 Å². The molecule has 2 heterocycles. The third-order valence-electron chi connectivity index (χ3n) is 4.26. The molecule has 28 heavy (non-hydrogen) atoms. The molecule has 0 saturated heterocycles. The van der Waals surface area contributed by atoms with Crippen LogP contribution in [0.5, 0.6) is 17.2 Å². The van der Waals surface area contributed by atoms with Crippen LogP contribution in [0.3, 0.4) is 0 Å². The molecule has 4 aromatic rings. The fraction of sp³-hybridized carbons (Fsp3) is 0.143. The maximum atomic E-state index is 5.39. The van der Waals surface area contributed by atoms with Crippen molar-refractivity contribution in [1.29, 1.82) is 0 Å². The van der Waals surface area contributed by atoms with Crippen LogP contribution in [0.2, 0.25) is 0 Å². The van der Waals surface area contributed by atoms with Crippen LogP contribution in [-0.4, -0.2) is 31.3 Å². The predicted octanol–water partition coefficient (Wildman–Crippen LogP) is 5.63. The highest BCUT2D eigenvalue weighted by Gasteiger charge is 2.13. The molecule has 0 N–H and O–H groups in total. The molecule has 2 aromatic carbocycles. The first-order chi connectivity index (χ1) is 13.7. The lowest BCUT2D eigenvalue weighted by Gasteiger charge is -2.08. The molecular weight excluding hydrogens is 392 g/mol. The molecule has 0 radical (unpaired) electrons. The van der Waals surface area contributed by atoms with Crippen LogP contribution < -0.4 is 14.2 Å². The molecule has 0 saturated carbocycles. The SMILES string of the molecule is COc1ccc(-c2csc(-c3nc(-c4ccc(OC)c(OC)c4)cs3)n2)cc1. The Balaban J connectivity index is 1.60. The first-order valence-electron chi connectivity index (χ1n) is 8.50. The molecule has 4 rings (SSSR count). The Labute approximate surface area is 171 Å². The van der Waals surface area contributed by atoms with Gasteiger partial charge in [0, 0.05) is 21.9 Å². The highest BCUT2D eigenvalue weighted by Crippen LogP contribution is 2.36. The Hall–Kier alpha value is -2.90. The van der Waals surface area contributed by atoms with Crippen molar-refractivity contribution in [2.24, 2.45) is 0 Å². The Morgan fingerprint density at radius 1 is 0.643 bits per heavy atom. The topological polar surface area (TPSA) is 53.5 Å². The smallest absolute Gasteiger partial charge is 0.161 e. The molecule has 0 unspecified atom stereocenters. The van der Waals surface area contributed by atoms with E-state index >= 15 is 0 Å². The van der Waals surface area contributed by atoms with Crippen molar-refractivity contribution in [3.63, 3.8) is 0 Å². The van der Waals surface area contributed by atoms with Gasteiger partial charge in [-0.1, -0.05) is 0 Å². The lowest BCUT2D eigenvalue weighted by atomic mass is 10.1. The number of ether oxygens (including phenoxy) is 3. The Morgan fingerprint density at radius 2 is 1.21 bits per heavy atom. The van der Waals surface area contributed by atoms with E-state index in [1.165, 1.54) is 0 Å². The minimum Gasteiger partial charge on any atom is -0.497 e. The maximum absolute atomic E-state index is 5.39. The van der Waals surface area contributed by atoms with Gasteiger partial charge in [0.25, 0.3) is 0 Å². The van der Waals surface area contributed by atoms with Gasteiger partial charge >= 0.3 is 0 Å². The molecule has 0 bridgehead atoms. The van der Waals surface area contributed by atoms with Crippen molar-refractivity contribution in [3.05, 3.63) is 53.2 Å². The molecule has 0 atom stereocenters. The molecule has 142 valence electrons. The van der Waals surface area contributed by atoms with Crippen LogP contribution in [0.15, 0.2) is 53.2 Å². The first-order valence-corrected chi connectivity index (χ1v) is 10.3. The van der Waals surface area contributed by atoms with E-state index in [2.05, 4.69) is 5.38 Å². The van der Waals surface area contributed by atoms with Gasteiger partial charge in [-0.25, -0.2) is 9.97 Å². The molecule has 0 aliphatic heterocycles. The van der Waals surface area contributed by atoms with E-state index in [0.29, 0.717) is 11.5 Å². The number of methoxy groups -OCH3 is 3. The standard InChI is InChI=1S/C21H18N2O3S2/c1-24-15-7-4-13(5-8-15)16-11-27-20(22-16)21-23-17(12-28-21)14-6-9-18(25-2)19(10-14)26-3/h4-12H,1-3H3. The van der Waals surface area contributed by atoms with E-state index in [1.807, 2.05) is 47.8 Å². The summed E-state index contributed by atoms with van der Waals surface area (Å²) in [4.78, 5) is 9.52. The van der Waals surface area contributed by atoms with Crippen LogP contribution in [0.25, 0.3) is 32.5 Å². The molecule has 5 nitrogen and oxygen atoms in total. The highest BCUT2D eigenvalue weighted by atomic mass is 32.1. The fourth-order valence-electron chi connectivity index (χ4n) is 2.77. The molecule has 0 spiro atoms. The van der Waals surface area contributed by atoms with Gasteiger partial charge in [0.15, 0.2) is 21.5 Å². The third kappa shape index (κ3) is 3.58. The van der Waals surface area contributed by atoms with E-state index in [1.54, 1.807) is 44.0 Å². The van der Waals surface area contributed by atoms with Gasteiger partial charge in [0.05, 0.1) is 32.7 Å². The van der Waals surface area contributed by atoms with Crippen molar-refractivity contribution in [2.45, 2.75) is 0 Å². The molecule has 0 aliphatic rings. The largest absolute Gasteiger partial charge is 0.497 e. The summed E-state index contributed by atoms with van der Waals surface area (Å²) in [6, 6.07) is 13.7. The second-order valence-corrected chi connectivity index (χ2v) is 7.59. The minimum atomic E-state index is 0.686. The zero-order valence-electron chi connectivity index (χ0n) is 15.6. The normalized spacial score (nSPS) is 10.7. The summed E-state index contributed by atoms with van der Waals surface area (Å²) in [5.41, 5.74) is 3.86. The van der Waals surface area contributed by atoms with Gasteiger partial charge in [0.1, 0.15) is 5.75 Å². The number of hydrogen-bond acceptors (Lipinski definition) is 7. The second-order valence-electron chi connectivity index (χ2n) is 5.87. The van der Waals surface area contributed by atoms with Crippen molar-refractivity contribution in [3.8, 4) is 49.8 Å². The zero-order valence-corrected chi connectivity index (χ0v) is 17.3. The molecule has 7 heteroatoms. The lowest BCUT2D eigenvalue weighted by Crippen LogP contribution is -1.90. The third-order valence-corrected chi connectivity index (χ3v) is 6.08. The van der Waals surface area contributed by atoms with Crippen molar-refractivity contribution in [1.82, 2.24) is 9.97 Å². The lowest BCUT2D eigenvalue weighted by molar-refractivity contribution is 0.355. The van der Waals surface area contributed by atoms with Crippen molar-refractivity contribution < 1.29 is 14.2 Å². The minimum absolute atomic E-state index is 0.686. The summed E-state index contributed by atoms with van der Waals surface area (Å²) in [6.45, 7) is 0. The summed E-state index contributed by atoms with van der Waals surface area (Å²) in [5.74, 6) is 2.22. The van der Waals surface area contributed by atoms with E-state index in [-0.39, 0.29) is 0 Å². The first kappa shape index (κ1) is 18.5. The molecule has 2 aromatic heterocycles. The number of thiazole rings is 2. The van der Waals surface area contributed by atoms with E-state index in [4.69, 9.17) is 24.2 Å². The van der Waals surface area contributed by atoms with Gasteiger partial charge in [-0.15, -0.1) is 22.7 Å². The molecule has 0 amide bonds. The van der Waals surface area contributed by atoms with Gasteiger partial charge < -0.3 is 14.2 Å². The van der Waals surface area contributed by atoms with Crippen LogP contribution in [0.4, 0.5) is 0 Å². The summed E-state index contributed by atoms with van der Waals surface area (Å²) in [6.07, 6.45) is 0. The summed E-state index contributed by atoms with van der Waals surface area (Å²) in [5, 5.41) is 5.89. The van der Waals surface area contributed by atoms with E-state index in [9.17, 15) is 0 Å². The van der Waals surface area contributed by atoms with Crippen LogP contribution in [0.1, 0.15) is 0 Å². The maximum Gasteiger partial charge on any atom is 0.161 e. The van der Waals surface area contributed by atoms with Gasteiger partial charge in [-0.2, -0.15) is 0 Å². The van der Waals surface area contributed by atoms with Crippen LogP contribution >= 0.6 is 22.7 Å². The molecule has 0 fully saturated rings. The Morgan fingerprint density at radius 3 is 1.79 bits per heavy atom. The summed E-state index contributed by atoms with van der Waals surface area (Å²) in [7, 11) is 4.92. The van der Waals surface area contributed by atoms with E-state index in [0.717, 1.165) is 38.3 Å². The summed E-state index contributed by atoms with van der Waals surface area (Å²) >= 11 is 3.17. The Kier molecular flexibility index (Phi) is 5.27. The van der Waals surface area contributed by atoms with Gasteiger partial charge in [0.2, 0.25) is 0 Å². The number of hydrogen-bond donors (Lipinski definition) is 0. The van der Waals surface area contributed by atoms with Crippen molar-refractivity contribution in [2.75, 3.05) is 21.3 Å². The van der Waals surface area contributed by atoms with Gasteiger partial charge in [-0.05, 0) is 42.5 Å². The number of rotatable bonds is 6. The fourth-order valence-corrected chi connectivity index (χ4v) is 4.47. The van der Waals surface area contributed by atoms with Crippen molar-refractivity contribution >= 4 is 22.7 Å². The Bertz CT molecular complexity index is 1090. The molecule has 0 aliphatic carbocycles. The second kappa shape index (κ2) is 8.00. The highest BCUT2D eigenvalue weighted by molar-refractivity contribution is 7.20.